The van der Waals surface area contributed by atoms with Crippen molar-refractivity contribution in [2.24, 2.45) is 0 Å². The Balaban J connectivity index is 2.17. The van der Waals surface area contributed by atoms with Crippen molar-refractivity contribution in [2.45, 2.75) is 18.9 Å². The van der Waals surface area contributed by atoms with Crippen molar-refractivity contribution >= 4 is 21.8 Å². The number of nitrogens with zero attached hydrogens (tertiary/aromatic N) is 1. The molecule has 1 atom stereocenters. The topological polar surface area (TPSA) is 29.5 Å². The van der Waals surface area contributed by atoms with Crippen LogP contribution in [0.1, 0.15) is 23.2 Å². The molecule has 0 bridgehead atoms. The van der Waals surface area contributed by atoms with Gasteiger partial charge in [-0.3, -0.25) is 4.79 Å². The van der Waals surface area contributed by atoms with E-state index in [4.69, 9.17) is 4.74 Å². The van der Waals surface area contributed by atoms with E-state index >= 15 is 0 Å². The molecule has 1 aromatic rings. The molecule has 3 nitrogen and oxygen atoms in total. The van der Waals surface area contributed by atoms with E-state index in [-0.39, 0.29) is 11.9 Å². The van der Waals surface area contributed by atoms with Crippen LogP contribution in [0.3, 0.4) is 0 Å². The van der Waals surface area contributed by atoms with Gasteiger partial charge in [0.2, 0.25) is 0 Å². The molecule has 0 aliphatic carbocycles. The average Bonchev–Trinajstić information content (AvgIpc) is 2.78. The molecule has 1 aliphatic heterocycles. The van der Waals surface area contributed by atoms with E-state index in [2.05, 4.69) is 15.9 Å². The zero-order chi connectivity index (χ0) is 12.3. The zero-order valence-electron chi connectivity index (χ0n) is 9.86. The molecule has 0 N–H and O–H groups in total. The Kier molecular flexibility index (Phi) is 4.18. The van der Waals surface area contributed by atoms with Gasteiger partial charge < -0.3 is 9.64 Å². The molecule has 2 rings (SSSR count). The van der Waals surface area contributed by atoms with Gasteiger partial charge in [0.05, 0.1) is 18.2 Å². The summed E-state index contributed by atoms with van der Waals surface area (Å²) in [5.41, 5.74) is 0.732. The van der Waals surface area contributed by atoms with Crippen molar-refractivity contribution in [3.63, 3.8) is 0 Å². The van der Waals surface area contributed by atoms with Gasteiger partial charge in [-0.15, -0.1) is 0 Å². The Morgan fingerprint density at radius 3 is 3.00 bits per heavy atom. The first-order valence-corrected chi connectivity index (χ1v) is 6.57. The lowest BCUT2D eigenvalue weighted by molar-refractivity contribution is 0.0630. The molecule has 0 saturated carbocycles. The van der Waals surface area contributed by atoms with Crippen molar-refractivity contribution in [2.75, 3.05) is 20.3 Å². The van der Waals surface area contributed by atoms with Gasteiger partial charge in [0.25, 0.3) is 5.91 Å². The SMILES string of the molecule is COCC1CCCN1C(=O)c1ccccc1Br. The molecular formula is C13H16BrNO2. The number of hydrogen-bond acceptors (Lipinski definition) is 2. The molecule has 0 aromatic heterocycles. The second kappa shape index (κ2) is 5.65. The molecule has 1 amide bonds. The first kappa shape index (κ1) is 12.6. The van der Waals surface area contributed by atoms with E-state index in [0.717, 1.165) is 29.4 Å². The van der Waals surface area contributed by atoms with Crippen LogP contribution < -0.4 is 0 Å². The maximum absolute atomic E-state index is 12.4. The lowest BCUT2D eigenvalue weighted by atomic mass is 10.2. The number of carbonyl (C=O) groups excluding carboxylic acids is 1. The normalized spacial score (nSPS) is 19.6. The Hall–Kier alpha value is -0.870. The van der Waals surface area contributed by atoms with E-state index in [9.17, 15) is 4.79 Å². The van der Waals surface area contributed by atoms with Crippen LogP contribution in [0, 0.1) is 0 Å². The van der Waals surface area contributed by atoms with E-state index < -0.39 is 0 Å². The van der Waals surface area contributed by atoms with Crippen LogP contribution in [-0.2, 0) is 4.74 Å². The number of ether oxygens (including phenoxy) is 1. The minimum atomic E-state index is 0.0945. The molecule has 1 aliphatic rings. The van der Waals surface area contributed by atoms with Crippen molar-refractivity contribution in [1.82, 2.24) is 4.90 Å². The number of halogens is 1. The Labute approximate surface area is 110 Å². The molecule has 1 heterocycles. The fourth-order valence-electron chi connectivity index (χ4n) is 2.26. The minimum absolute atomic E-state index is 0.0945. The number of amides is 1. The number of hydrogen-bond donors (Lipinski definition) is 0. The largest absolute Gasteiger partial charge is 0.383 e. The fourth-order valence-corrected chi connectivity index (χ4v) is 2.71. The van der Waals surface area contributed by atoms with Crippen LogP contribution in [-0.4, -0.2) is 37.1 Å². The van der Waals surface area contributed by atoms with Gasteiger partial charge in [-0.25, -0.2) is 0 Å². The predicted octanol–water partition coefficient (Wildman–Crippen LogP) is 2.70. The van der Waals surface area contributed by atoms with Gasteiger partial charge in [0.1, 0.15) is 0 Å². The smallest absolute Gasteiger partial charge is 0.255 e. The third kappa shape index (κ3) is 2.69. The third-order valence-electron chi connectivity index (χ3n) is 3.10. The lowest BCUT2D eigenvalue weighted by Crippen LogP contribution is -2.38. The van der Waals surface area contributed by atoms with Gasteiger partial charge in [-0.1, -0.05) is 12.1 Å². The van der Waals surface area contributed by atoms with E-state index in [1.54, 1.807) is 7.11 Å². The monoisotopic (exact) mass is 297 g/mol. The average molecular weight is 298 g/mol. The van der Waals surface area contributed by atoms with Crippen molar-refractivity contribution in [3.05, 3.63) is 34.3 Å². The molecule has 0 spiro atoms. The molecule has 92 valence electrons. The first-order chi connectivity index (χ1) is 8.24. The minimum Gasteiger partial charge on any atom is -0.383 e. The van der Waals surface area contributed by atoms with Crippen LogP contribution >= 0.6 is 15.9 Å². The highest BCUT2D eigenvalue weighted by molar-refractivity contribution is 9.10. The third-order valence-corrected chi connectivity index (χ3v) is 3.79. The summed E-state index contributed by atoms with van der Waals surface area (Å²) in [4.78, 5) is 14.3. The summed E-state index contributed by atoms with van der Waals surface area (Å²) < 4.78 is 6.02. The number of methoxy groups -OCH3 is 1. The quantitative estimate of drug-likeness (QED) is 0.858. The Morgan fingerprint density at radius 1 is 1.53 bits per heavy atom. The molecule has 1 unspecified atom stereocenters. The summed E-state index contributed by atoms with van der Waals surface area (Å²) >= 11 is 3.42. The molecular weight excluding hydrogens is 282 g/mol. The van der Waals surface area contributed by atoms with Gasteiger partial charge in [-0.05, 0) is 40.9 Å². The number of carbonyl (C=O) groups is 1. The predicted molar refractivity (Wildman–Crippen MR) is 70.1 cm³/mol. The summed E-state index contributed by atoms with van der Waals surface area (Å²) in [5.74, 6) is 0.0945. The molecule has 17 heavy (non-hydrogen) atoms. The van der Waals surface area contributed by atoms with Gasteiger partial charge in [-0.2, -0.15) is 0 Å². The highest BCUT2D eigenvalue weighted by Gasteiger charge is 2.29. The van der Waals surface area contributed by atoms with Crippen molar-refractivity contribution in [1.29, 1.82) is 0 Å². The van der Waals surface area contributed by atoms with E-state index in [1.807, 2.05) is 29.2 Å². The van der Waals surface area contributed by atoms with Gasteiger partial charge in [0.15, 0.2) is 0 Å². The van der Waals surface area contributed by atoms with Crippen LogP contribution in [0.2, 0.25) is 0 Å². The lowest BCUT2D eigenvalue weighted by Gasteiger charge is -2.24. The summed E-state index contributed by atoms with van der Waals surface area (Å²) in [6, 6.07) is 7.78. The Morgan fingerprint density at radius 2 is 2.29 bits per heavy atom. The molecule has 4 heteroatoms. The highest BCUT2D eigenvalue weighted by Crippen LogP contribution is 2.24. The number of rotatable bonds is 3. The van der Waals surface area contributed by atoms with Crippen LogP contribution in [0.25, 0.3) is 0 Å². The van der Waals surface area contributed by atoms with Crippen LogP contribution in [0.5, 0.6) is 0 Å². The van der Waals surface area contributed by atoms with Crippen molar-refractivity contribution < 1.29 is 9.53 Å². The van der Waals surface area contributed by atoms with E-state index in [1.165, 1.54) is 0 Å². The van der Waals surface area contributed by atoms with Crippen molar-refractivity contribution in [3.8, 4) is 0 Å². The second-order valence-electron chi connectivity index (χ2n) is 4.23. The molecule has 0 radical (unpaired) electrons. The summed E-state index contributed by atoms with van der Waals surface area (Å²) in [7, 11) is 1.68. The molecule has 1 aromatic carbocycles. The summed E-state index contributed by atoms with van der Waals surface area (Å²) in [6.45, 7) is 1.45. The number of likely N-dealkylation sites (tertiary alicyclic amines) is 1. The highest BCUT2D eigenvalue weighted by atomic mass is 79.9. The number of benzene rings is 1. The van der Waals surface area contributed by atoms with Crippen LogP contribution in [0.15, 0.2) is 28.7 Å². The first-order valence-electron chi connectivity index (χ1n) is 5.78. The summed E-state index contributed by atoms with van der Waals surface area (Å²) in [6.07, 6.45) is 2.09. The molecule has 1 saturated heterocycles. The van der Waals surface area contributed by atoms with Gasteiger partial charge in [0, 0.05) is 18.1 Å². The second-order valence-corrected chi connectivity index (χ2v) is 5.08. The van der Waals surface area contributed by atoms with Crippen LogP contribution in [0.4, 0.5) is 0 Å². The van der Waals surface area contributed by atoms with Gasteiger partial charge >= 0.3 is 0 Å². The fraction of sp³-hybridized carbons (Fsp3) is 0.462. The zero-order valence-corrected chi connectivity index (χ0v) is 11.4. The molecule has 1 fully saturated rings. The maximum atomic E-state index is 12.4. The maximum Gasteiger partial charge on any atom is 0.255 e. The van der Waals surface area contributed by atoms with E-state index in [0.29, 0.717) is 6.61 Å². The summed E-state index contributed by atoms with van der Waals surface area (Å²) in [5, 5.41) is 0. The Bertz CT molecular complexity index is 408. The standard InChI is InChI=1S/C13H16BrNO2/c1-17-9-10-5-4-8-15(10)13(16)11-6-2-3-7-12(11)14/h2-3,6-7,10H,4-5,8-9H2,1H3.